The van der Waals surface area contributed by atoms with Gasteiger partial charge in [-0.25, -0.2) is 0 Å². The van der Waals surface area contributed by atoms with Crippen LogP contribution < -0.4 is 14.2 Å². The van der Waals surface area contributed by atoms with Gasteiger partial charge >= 0.3 is 18.0 Å². The van der Waals surface area contributed by atoms with Crippen molar-refractivity contribution < 1.29 is 19.3 Å². The summed E-state index contributed by atoms with van der Waals surface area (Å²) < 4.78 is 18.4. The number of phenolic OH excluding ortho intramolecular Hbond substituents is 1. The summed E-state index contributed by atoms with van der Waals surface area (Å²) in [6, 6.07) is 28.1. The zero-order valence-corrected chi connectivity index (χ0v) is 32.4. The fourth-order valence-corrected chi connectivity index (χ4v) is 7.28. The molecule has 0 spiro atoms. The molecule has 6 rings (SSSR count). The van der Waals surface area contributed by atoms with Crippen LogP contribution in [0.1, 0.15) is 93.2 Å². The molecule has 0 amide bonds. The molecule has 0 radical (unpaired) electrons. The third-order valence-electron chi connectivity index (χ3n) is 8.87. The Morgan fingerprint density at radius 2 is 0.887 bits per heavy atom. The Bertz CT molecular complexity index is 2070. The van der Waals surface area contributed by atoms with Crippen molar-refractivity contribution in [3.63, 3.8) is 0 Å². The van der Waals surface area contributed by atoms with Crippen LogP contribution in [0.4, 0.5) is 0 Å². The summed E-state index contributed by atoms with van der Waals surface area (Å²) in [5.74, 6) is 1.29. The number of fused-ring (bicyclic) bond motifs is 1. The molecule has 0 aliphatic rings. The predicted molar refractivity (Wildman–Crippen MR) is 208 cm³/mol. The average molecular weight is 715 g/mol. The third kappa shape index (κ3) is 9.49. The molecule has 0 fully saturated rings. The lowest BCUT2D eigenvalue weighted by atomic mass is 9.72. The molecule has 0 saturated carbocycles. The summed E-state index contributed by atoms with van der Waals surface area (Å²) in [5.41, 5.74) is 4.55. The van der Waals surface area contributed by atoms with Gasteiger partial charge in [-0.05, 0) is 94.2 Å². The maximum absolute atomic E-state index is 10.9. The van der Waals surface area contributed by atoms with E-state index >= 15 is 0 Å². The zero-order valence-electron chi connectivity index (χ0n) is 32.4. The van der Waals surface area contributed by atoms with Gasteiger partial charge in [0.25, 0.3) is 0 Å². The topological polar surface area (TPSA) is 117 Å². The largest absolute Gasteiger partial charge is 0.505 e. The SMILES string of the molecule is CC(C)(C)CC(C)(C)c1ccc(Oc2nc(Oc3ccc(C(C)(C)CC(C)(C)C)cc3)nc(Oc3ccc(-n4nc5ccccc5n4)c(O)c3)n2)cc1. The van der Waals surface area contributed by atoms with Gasteiger partial charge in [-0.2, -0.15) is 0 Å². The van der Waals surface area contributed by atoms with Crippen LogP contribution >= 0.6 is 0 Å². The summed E-state index contributed by atoms with van der Waals surface area (Å²) in [4.78, 5) is 14.8. The first-order valence-electron chi connectivity index (χ1n) is 18.0. The maximum Gasteiger partial charge on any atom is 0.331 e. The van der Waals surface area contributed by atoms with Crippen LogP contribution in [0, 0.1) is 10.8 Å². The molecule has 6 aromatic rings. The summed E-state index contributed by atoms with van der Waals surface area (Å²) in [6.07, 6.45) is 2.05. The van der Waals surface area contributed by atoms with Crippen molar-refractivity contribution in [1.82, 2.24) is 29.9 Å². The molecule has 10 nitrogen and oxygen atoms in total. The lowest BCUT2D eigenvalue weighted by molar-refractivity contribution is 0.283. The minimum atomic E-state index is -0.0891. The molecule has 276 valence electrons. The molecule has 2 heterocycles. The second-order valence-corrected chi connectivity index (χ2v) is 17.4. The average Bonchev–Trinajstić information content (AvgIpc) is 3.47. The predicted octanol–water partition coefficient (Wildman–Crippen LogP) is 11.1. The first kappa shape index (κ1) is 37.3. The van der Waals surface area contributed by atoms with Gasteiger partial charge in [0.2, 0.25) is 0 Å². The highest BCUT2D eigenvalue weighted by Gasteiger charge is 2.28. The van der Waals surface area contributed by atoms with E-state index in [1.54, 1.807) is 12.1 Å². The van der Waals surface area contributed by atoms with Gasteiger partial charge < -0.3 is 19.3 Å². The van der Waals surface area contributed by atoms with Gasteiger partial charge in [0.15, 0.2) is 0 Å². The highest BCUT2D eigenvalue weighted by molar-refractivity contribution is 5.73. The van der Waals surface area contributed by atoms with E-state index in [1.165, 1.54) is 22.0 Å². The van der Waals surface area contributed by atoms with E-state index in [0.717, 1.165) is 12.8 Å². The van der Waals surface area contributed by atoms with E-state index in [0.29, 0.717) is 28.2 Å². The number of aromatic hydroxyl groups is 1. The van der Waals surface area contributed by atoms with E-state index in [4.69, 9.17) is 14.2 Å². The van der Waals surface area contributed by atoms with Crippen LogP contribution in [0.15, 0.2) is 91.0 Å². The monoisotopic (exact) mass is 714 g/mol. The number of benzene rings is 4. The Hall–Kier alpha value is -5.51. The number of hydrogen-bond acceptors (Lipinski definition) is 9. The minimum Gasteiger partial charge on any atom is -0.505 e. The maximum atomic E-state index is 10.9. The third-order valence-corrected chi connectivity index (χ3v) is 8.87. The smallest absolute Gasteiger partial charge is 0.331 e. The van der Waals surface area contributed by atoms with Crippen LogP contribution in [0.2, 0.25) is 0 Å². The van der Waals surface area contributed by atoms with Crippen LogP contribution in [-0.2, 0) is 10.8 Å². The molecule has 2 aromatic heterocycles. The Labute approximate surface area is 312 Å². The Kier molecular flexibility index (Phi) is 9.94. The molecule has 10 heteroatoms. The minimum absolute atomic E-state index is 0.0112. The summed E-state index contributed by atoms with van der Waals surface area (Å²) in [7, 11) is 0. The molecule has 0 unspecified atom stereocenters. The summed E-state index contributed by atoms with van der Waals surface area (Å²) in [6.45, 7) is 22.5. The fourth-order valence-electron chi connectivity index (χ4n) is 7.28. The van der Waals surface area contributed by atoms with Crippen molar-refractivity contribution in [2.24, 2.45) is 10.8 Å². The first-order chi connectivity index (χ1) is 24.8. The van der Waals surface area contributed by atoms with Crippen molar-refractivity contribution in [3.8, 4) is 46.7 Å². The van der Waals surface area contributed by atoms with Gasteiger partial charge in [-0.15, -0.1) is 29.9 Å². The van der Waals surface area contributed by atoms with E-state index in [-0.39, 0.29) is 51.2 Å². The summed E-state index contributed by atoms with van der Waals surface area (Å²) >= 11 is 0. The van der Waals surface area contributed by atoms with Gasteiger partial charge in [0.1, 0.15) is 39.7 Å². The molecule has 0 aliphatic carbocycles. The molecular formula is C43H50N6O4. The van der Waals surface area contributed by atoms with Gasteiger partial charge in [-0.1, -0.05) is 106 Å². The van der Waals surface area contributed by atoms with Crippen molar-refractivity contribution >= 4 is 11.0 Å². The molecule has 0 saturated heterocycles. The number of rotatable bonds is 11. The number of phenols is 1. The lowest BCUT2D eigenvalue weighted by Crippen LogP contribution is -2.24. The van der Waals surface area contributed by atoms with Gasteiger partial charge in [0, 0.05) is 6.07 Å². The molecule has 0 bridgehead atoms. The Morgan fingerprint density at radius 1 is 0.509 bits per heavy atom. The Morgan fingerprint density at radius 3 is 1.26 bits per heavy atom. The number of hydrogen-bond donors (Lipinski definition) is 1. The van der Waals surface area contributed by atoms with Crippen LogP contribution in [0.5, 0.6) is 41.0 Å². The Balaban J connectivity index is 1.27. The normalized spacial score (nSPS) is 12.6. The van der Waals surface area contributed by atoms with Crippen molar-refractivity contribution in [2.45, 2.75) is 92.9 Å². The van der Waals surface area contributed by atoms with Crippen molar-refractivity contribution in [1.29, 1.82) is 0 Å². The van der Waals surface area contributed by atoms with E-state index in [9.17, 15) is 5.11 Å². The number of aromatic nitrogens is 6. The van der Waals surface area contributed by atoms with Crippen LogP contribution in [0.25, 0.3) is 16.7 Å². The second kappa shape index (κ2) is 14.1. The highest BCUT2D eigenvalue weighted by Crippen LogP contribution is 2.39. The quantitative estimate of drug-likeness (QED) is 0.140. The molecule has 0 aliphatic heterocycles. The molecule has 0 atom stereocenters. The van der Waals surface area contributed by atoms with Crippen molar-refractivity contribution in [2.75, 3.05) is 0 Å². The fraction of sp³-hybridized carbons (Fsp3) is 0.372. The molecule has 1 N–H and O–H groups in total. The van der Waals surface area contributed by atoms with Crippen LogP contribution in [0.3, 0.4) is 0 Å². The lowest BCUT2D eigenvalue weighted by Gasteiger charge is -2.33. The standard InChI is InChI=1S/C43H50N6O4/c1-40(2,3)26-42(7,8)28-15-19-30(20-16-28)51-37-44-38(52-31-21-17-29(18-22-31)43(9,10)27-41(4,5)6)46-39(45-37)53-32-23-24-35(36(50)25-32)49-47-33-13-11-12-14-34(33)48-49/h11-25,50H,26-27H2,1-10H3. The van der Waals surface area contributed by atoms with Crippen molar-refractivity contribution in [3.05, 3.63) is 102 Å². The van der Waals surface area contributed by atoms with Gasteiger partial charge in [-0.3, -0.25) is 0 Å². The summed E-state index contributed by atoms with van der Waals surface area (Å²) in [5, 5.41) is 19.9. The van der Waals surface area contributed by atoms with Crippen LogP contribution in [-0.4, -0.2) is 35.1 Å². The van der Waals surface area contributed by atoms with E-state index < -0.39 is 0 Å². The molecule has 53 heavy (non-hydrogen) atoms. The molecular weight excluding hydrogens is 665 g/mol. The number of ether oxygens (including phenoxy) is 3. The zero-order chi connectivity index (χ0) is 38.2. The highest BCUT2D eigenvalue weighted by atomic mass is 16.5. The number of nitrogens with zero attached hydrogens (tertiary/aromatic N) is 6. The first-order valence-corrected chi connectivity index (χ1v) is 18.0. The van der Waals surface area contributed by atoms with E-state index in [1.807, 2.05) is 48.5 Å². The van der Waals surface area contributed by atoms with E-state index in [2.05, 4.69) is 119 Å². The van der Waals surface area contributed by atoms with Gasteiger partial charge in [0.05, 0.1) is 0 Å². The second-order valence-electron chi connectivity index (χ2n) is 17.4. The molecule has 4 aromatic carbocycles.